The Bertz CT molecular complexity index is 1090. The maximum atomic E-state index is 13.3. The predicted molar refractivity (Wildman–Crippen MR) is 96.5 cm³/mol. The largest absolute Gasteiger partial charge is 0.585 e. The molecule has 0 saturated heterocycles. The number of nitro benzene ring substituents is 2. The fourth-order valence-electron chi connectivity index (χ4n) is 2.63. The monoisotopic (exact) mass is 450 g/mol. The summed E-state index contributed by atoms with van der Waals surface area (Å²) in [6.07, 6.45) is -5.17. The van der Waals surface area contributed by atoms with Crippen molar-refractivity contribution in [3.63, 3.8) is 0 Å². The Morgan fingerprint density at radius 1 is 0.900 bits per heavy atom. The highest BCUT2D eigenvalue weighted by atomic mass is 31.2. The van der Waals surface area contributed by atoms with E-state index in [9.17, 15) is 42.9 Å². The molecule has 0 amide bonds. The van der Waals surface area contributed by atoms with Crippen LogP contribution in [0, 0.1) is 41.0 Å². The third kappa shape index (κ3) is 5.05. The van der Waals surface area contributed by atoms with Gasteiger partial charge in [-0.25, -0.2) is 4.57 Å². The molecule has 0 aliphatic carbocycles. The lowest BCUT2D eigenvalue weighted by molar-refractivity contribution is -0.385. The van der Waals surface area contributed by atoms with Gasteiger partial charge in [0.25, 0.3) is 0 Å². The van der Waals surface area contributed by atoms with Crippen molar-refractivity contribution in [1.82, 2.24) is 0 Å². The van der Waals surface area contributed by atoms with Crippen LogP contribution in [0.15, 0.2) is 24.3 Å². The summed E-state index contributed by atoms with van der Waals surface area (Å²) in [5.74, 6) is -2.27. The van der Waals surface area contributed by atoms with Crippen LogP contribution in [0.1, 0.15) is 22.3 Å². The third-order valence-corrected chi connectivity index (χ3v) is 4.55. The van der Waals surface area contributed by atoms with Gasteiger partial charge in [-0.1, -0.05) is 6.07 Å². The van der Waals surface area contributed by atoms with Crippen LogP contribution < -0.4 is 9.05 Å². The molecule has 0 bridgehead atoms. The van der Waals surface area contributed by atoms with E-state index in [-0.39, 0.29) is 11.1 Å². The molecule has 0 heterocycles. The number of benzene rings is 2. The molecule has 2 aromatic carbocycles. The Morgan fingerprint density at radius 3 is 1.80 bits per heavy atom. The summed E-state index contributed by atoms with van der Waals surface area (Å²) in [4.78, 5) is 30.2. The summed E-state index contributed by atoms with van der Waals surface area (Å²) in [7, 11) is -5.53. The van der Waals surface area contributed by atoms with Gasteiger partial charge in [-0.05, 0) is 43.5 Å². The van der Waals surface area contributed by atoms with Crippen LogP contribution in [-0.4, -0.2) is 14.7 Å². The minimum absolute atomic E-state index is 0.0222. The Labute approximate surface area is 166 Å². The number of nitrogens with zero attached hydrogens (tertiary/aromatic N) is 2. The number of rotatable bonds is 6. The fraction of sp³-hybridized carbons (Fsp3) is 0.250. The lowest BCUT2D eigenvalue weighted by Crippen LogP contribution is -2.12. The Hall–Kier alpha value is -3.18. The number of aryl methyl sites for hydroxylation is 3. The average molecular weight is 450 g/mol. The van der Waals surface area contributed by atoms with Crippen LogP contribution in [0.25, 0.3) is 0 Å². The van der Waals surface area contributed by atoms with E-state index in [2.05, 4.69) is 9.05 Å². The molecule has 0 radical (unpaired) electrons. The van der Waals surface area contributed by atoms with E-state index in [1.165, 1.54) is 19.9 Å². The van der Waals surface area contributed by atoms with Gasteiger partial charge in [-0.2, -0.15) is 13.2 Å². The van der Waals surface area contributed by atoms with Crippen molar-refractivity contribution in [1.29, 1.82) is 0 Å². The van der Waals surface area contributed by atoms with Crippen LogP contribution in [0.3, 0.4) is 0 Å². The zero-order valence-corrected chi connectivity index (χ0v) is 16.5. The topological polar surface area (TPSA) is 142 Å². The maximum Gasteiger partial charge on any atom is 0.585 e. The van der Waals surface area contributed by atoms with Gasteiger partial charge in [0.15, 0.2) is 0 Å². The SMILES string of the molecule is Cc1cc(C)c(OP(=O)(O)Oc2c([N+](=O)[O-])cc(C)cc2C(F)(F)F)c([N+](=O)[O-])c1. The summed E-state index contributed by atoms with van der Waals surface area (Å²) >= 11 is 0. The molecule has 0 aromatic heterocycles. The number of phosphoric ester groups is 1. The molecule has 1 N–H and O–H groups in total. The van der Waals surface area contributed by atoms with Gasteiger partial charge in [0, 0.05) is 12.1 Å². The number of alkyl halides is 3. The highest BCUT2D eigenvalue weighted by Gasteiger charge is 2.42. The summed E-state index contributed by atoms with van der Waals surface area (Å²) in [6.45, 7) is 3.95. The molecular weight excluding hydrogens is 436 g/mol. The van der Waals surface area contributed by atoms with E-state index >= 15 is 0 Å². The zero-order chi connectivity index (χ0) is 23.0. The van der Waals surface area contributed by atoms with Crippen LogP contribution in [0.4, 0.5) is 24.5 Å². The number of hydrogen-bond donors (Lipinski definition) is 1. The molecule has 2 aromatic rings. The van der Waals surface area contributed by atoms with E-state index in [0.717, 1.165) is 13.0 Å². The molecule has 2 rings (SSSR count). The first-order valence-electron chi connectivity index (χ1n) is 7.96. The summed E-state index contributed by atoms with van der Waals surface area (Å²) in [6, 6.07) is 3.57. The normalized spacial score (nSPS) is 13.4. The minimum atomic E-state index is -5.53. The van der Waals surface area contributed by atoms with E-state index in [4.69, 9.17) is 0 Å². The molecule has 1 atom stereocenters. The average Bonchev–Trinajstić information content (AvgIpc) is 2.56. The molecule has 0 aliphatic heterocycles. The molecule has 14 heteroatoms. The standard InChI is InChI=1S/C16H14F3N2O8P/c1-8-4-10(3)14(12(6-8)20(22)23)28-30(26,27)29-15-11(16(17,18)19)5-9(2)7-13(15)21(24)25/h4-7H,1-3H3,(H,26,27). The first-order chi connectivity index (χ1) is 13.6. The van der Waals surface area contributed by atoms with Crippen molar-refractivity contribution in [2.75, 3.05) is 0 Å². The van der Waals surface area contributed by atoms with Crippen LogP contribution in [-0.2, 0) is 10.7 Å². The molecule has 0 fully saturated rings. The molecular formula is C16H14F3N2O8P. The van der Waals surface area contributed by atoms with Gasteiger partial charge in [-0.15, -0.1) is 0 Å². The summed E-state index contributed by atoms with van der Waals surface area (Å²) in [5.41, 5.74) is -3.36. The lowest BCUT2D eigenvalue weighted by atomic mass is 10.1. The van der Waals surface area contributed by atoms with Gasteiger partial charge in [-0.3, -0.25) is 25.1 Å². The van der Waals surface area contributed by atoms with Gasteiger partial charge in [0.1, 0.15) is 5.56 Å². The van der Waals surface area contributed by atoms with Crippen molar-refractivity contribution >= 4 is 19.2 Å². The zero-order valence-electron chi connectivity index (χ0n) is 15.6. The van der Waals surface area contributed by atoms with E-state index < -0.39 is 52.3 Å². The van der Waals surface area contributed by atoms with Crippen LogP contribution in [0.2, 0.25) is 0 Å². The lowest BCUT2D eigenvalue weighted by Gasteiger charge is -2.18. The third-order valence-electron chi connectivity index (χ3n) is 3.73. The summed E-state index contributed by atoms with van der Waals surface area (Å²) < 4.78 is 61.6. The second kappa shape index (κ2) is 7.92. The van der Waals surface area contributed by atoms with Crippen molar-refractivity contribution in [2.24, 2.45) is 0 Å². The van der Waals surface area contributed by atoms with Gasteiger partial charge in [0.05, 0.1) is 9.85 Å². The number of halogens is 3. The second-order valence-electron chi connectivity index (χ2n) is 6.25. The molecule has 0 aliphatic rings. The van der Waals surface area contributed by atoms with Crippen molar-refractivity contribution in [2.45, 2.75) is 26.9 Å². The van der Waals surface area contributed by atoms with E-state index in [0.29, 0.717) is 17.7 Å². The quantitative estimate of drug-likeness (QED) is 0.368. The Kier molecular flexibility index (Phi) is 6.10. The molecule has 162 valence electrons. The van der Waals surface area contributed by atoms with E-state index in [1.807, 2.05) is 0 Å². The van der Waals surface area contributed by atoms with Crippen molar-refractivity contribution in [3.05, 3.63) is 66.7 Å². The molecule has 30 heavy (non-hydrogen) atoms. The highest BCUT2D eigenvalue weighted by molar-refractivity contribution is 7.48. The smallest absolute Gasteiger partial charge is 0.388 e. The van der Waals surface area contributed by atoms with Crippen molar-refractivity contribution < 1.29 is 41.5 Å². The maximum absolute atomic E-state index is 13.3. The van der Waals surface area contributed by atoms with E-state index in [1.54, 1.807) is 0 Å². The van der Waals surface area contributed by atoms with Gasteiger partial charge in [0.2, 0.25) is 11.5 Å². The fourth-order valence-corrected chi connectivity index (χ4v) is 3.56. The number of hydrogen-bond acceptors (Lipinski definition) is 7. The first kappa shape index (κ1) is 23.1. The highest BCUT2D eigenvalue weighted by Crippen LogP contribution is 2.53. The minimum Gasteiger partial charge on any atom is -0.388 e. The second-order valence-corrected chi connectivity index (χ2v) is 7.56. The van der Waals surface area contributed by atoms with Crippen LogP contribution in [0.5, 0.6) is 11.5 Å². The molecule has 1 unspecified atom stereocenters. The molecule has 10 nitrogen and oxygen atoms in total. The molecule has 0 saturated carbocycles. The van der Waals surface area contributed by atoms with Gasteiger partial charge < -0.3 is 9.05 Å². The number of nitro groups is 2. The summed E-state index contributed by atoms with van der Waals surface area (Å²) in [5, 5.41) is 22.4. The van der Waals surface area contributed by atoms with Crippen molar-refractivity contribution in [3.8, 4) is 11.5 Å². The van der Waals surface area contributed by atoms with Gasteiger partial charge >= 0.3 is 25.4 Å². The Balaban J connectivity index is 2.60. The molecule has 0 spiro atoms. The Morgan fingerprint density at radius 2 is 1.33 bits per heavy atom. The predicted octanol–water partition coefficient (Wildman–Crippen LogP) is 5.01. The first-order valence-corrected chi connectivity index (χ1v) is 9.46. The van der Waals surface area contributed by atoms with Crippen LogP contribution >= 0.6 is 7.82 Å². The number of phosphoric acid groups is 1.